The van der Waals surface area contributed by atoms with Crippen LogP contribution in [0.25, 0.3) is 11.4 Å². The van der Waals surface area contributed by atoms with Gasteiger partial charge in [0.15, 0.2) is 10.6 Å². The number of hydrogen-bond donors (Lipinski definition) is 2. The van der Waals surface area contributed by atoms with Gasteiger partial charge in [0, 0.05) is 13.2 Å². The Kier molecular flexibility index (Phi) is 1.54. The fourth-order valence-corrected chi connectivity index (χ4v) is 1.11. The maximum atomic E-state index is 4.96. The van der Waals surface area contributed by atoms with E-state index in [2.05, 4.69) is 20.4 Å². The van der Waals surface area contributed by atoms with Crippen LogP contribution in [0.4, 0.5) is 0 Å². The van der Waals surface area contributed by atoms with Crippen LogP contribution in [0.2, 0.25) is 0 Å². The van der Waals surface area contributed by atoms with E-state index in [0.717, 1.165) is 11.4 Å². The van der Waals surface area contributed by atoms with E-state index in [-0.39, 0.29) is 0 Å². The number of aromatic amines is 2. The lowest BCUT2D eigenvalue weighted by Gasteiger charge is -1.93. The Morgan fingerprint density at radius 2 is 2.42 bits per heavy atom. The van der Waals surface area contributed by atoms with Gasteiger partial charge >= 0.3 is 0 Å². The van der Waals surface area contributed by atoms with E-state index in [1.807, 2.05) is 7.05 Å². The molecular formula is C6H7N5S. The quantitative estimate of drug-likeness (QED) is 0.641. The molecule has 2 heterocycles. The molecule has 2 aromatic heterocycles. The highest BCUT2D eigenvalue weighted by Gasteiger charge is 2.04. The predicted molar refractivity (Wildman–Crippen MR) is 46.0 cm³/mol. The molecule has 0 saturated carbocycles. The number of nitrogens with zero attached hydrogens (tertiary/aromatic N) is 3. The van der Waals surface area contributed by atoms with Crippen molar-refractivity contribution >= 4 is 12.2 Å². The third-order valence-electron chi connectivity index (χ3n) is 1.64. The normalized spacial score (nSPS) is 10.4. The lowest BCUT2D eigenvalue weighted by Crippen LogP contribution is -1.90. The molecule has 0 amide bonds. The summed E-state index contributed by atoms with van der Waals surface area (Å²) in [7, 11) is 1.86. The minimum Gasteiger partial charge on any atom is -0.303 e. The van der Waals surface area contributed by atoms with Gasteiger partial charge in [-0.1, -0.05) is 0 Å². The van der Waals surface area contributed by atoms with E-state index >= 15 is 0 Å². The van der Waals surface area contributed by atoms with E-state index in [1.165, 1.54) is 0 Å². The molecule has 6 heteroatoms. The van der Waals surface area contributed by atoms with Crippen LogP contribution < -0.4 is 0 Å². The summed E-state index contributed by atoms with van der Waals surface area (Å²) in [6.45, 7) is 0. The number of rotatable bonds is 1. The molecule has 2 rings (SSSR count). The number of nitrogens with one attached hydrogen (secondary N) is 2. The van der Waals surface area contributed by atoms with Crippen molar-refractivity contribution in [2.24, 2.45) is 7.05 Å². The van der Waals surface area contributed by atoms with Crippen LogP contribution in [0.1, 0.15) is 0 Å². The molecule has 0 aromatic carbocycles. The van der Waals surface area contributed by atoms with Crippen molar-refractivity contribution in [2.75, 3.05) is 0 Å². The van der Waals surface area contributed by atoms with Gasteiger partial charge in [0.05, 0.1) is 11.8 Å². The maximum absolute atomic E-state index is 4.96. The number of aromatic nitrogens is 5. The van der Waals surface area contributed by atoms with Crippen LogP contribution in [-0.2, 0) is 7.05 Å². The van der Waals surface area contributed by atoms with Crippen molar-refractivity contribution in [2.45, 2.75) is 0 Å². The third-order valence-corrected chi connectivity index (χ3v) is 2.00. The van der Waals surface area contributed by atoms with Gasteiger partial charge in [-0.3, -0.25) is 10.2 Å². The van der Waals surface area contributed by atoms with E-state index < -0.39 is 0 Å². The first-order valence-corrected chi connectivity index (χ1v) is 3.80. The molecule has 0 spiro atoms. The van der Waals surface area contributed by atoms with Gasteiger partial charge in [-0.25, -0.2) is 0 Å². The highest BCUT2D eigenvalue weighted by molar-refractivity contribution is 7.71. The van der Waals surface area contributed by atoms with Crippen LogP contribution in [0, 0.1) is 4.77 Å². The molecule has 0 aliphatic carbocycles. The summed E-state index contributed by atoms with van der Waals surface area (Å²) >= 11 is 4.96. The summed E-state index contributed by atoms with van der Waals surface area (Å²) in [5.41, 5.74) is 0.921. The van der Waals surface area contributed by atoms with Crippen LogP contribution in [0.3, 0.4) is 0 Å². The summed E-state index contributed by atoms with van der Waals surface area (Å²) in [4.78, 5) is 0. The number of H-pyrrole nitrogens is 2. The highest BCUT2D eigenvalue weighted by Crippen LogP contribution is 2.12. The average Bonchev–Trinajstić information content (AvgIpc) is 2.64. The zero-order chi connectivity index (χ0) is 8.55. The van der Waals surface area contributed by atoms with Crippen molar-refractivity contribution < 1.29 is 0 Å². The van der Waals surface area contributed by atoms with Gasteiger partial charge in [-0.05, 0) is 12.2 Å². The van der Waals surface area contributed by atoms with Gasteiger partial charge < -0.3 is 4.57 Å². The van der Waals surface area contributed by atoms with Crippen molar-refractivity contribution in [3.05, 3.63) is 17.2 Å². The zero-order valence-electron chi connectivity index (χ0n) is 6.40. The Balaban J connectivity index is 2.62. The van der Waals surface area contributed by atoms with Gasteiger partial charge in [0.25, 0.3) is 0 Å². The monoisotopic (exact) mass is 181 g/mol. The molecule has 5 nitrogen and oxygen atoms in total. The first-order valence-electron chi connectivity index (χ1n) is 3.39. The second-order valence-corrected chi connectivity index (χ2v) is 2.79. The lowest BCUT2D eigenvalue weighted by atomic mass is 10.3. The standard InChI is InChI=1S/C6H7N5S/c1-11-5(9-10-6(11)12)4-2-7-8-3-4/h2-3H,1H3,(H,7,8)(H,10,12). The summed E-state index contributed by atoms with van der Waals surface area (Å²) in [6, 6.07) is 0. The number of hydrogen-bond acceptors (Lipinski definition) is 3. The Labute approximate surface area is 73.4 Å². The molecule has 0 atom stereocenters. The SMILES string of the molecule is Cn1c(-c2cn[nH]c2)n[nH]c1=S. The molecule has 0 fully saturated rings. The van der Waals surface area contributed by atoms with Crippen LogP contribution in [0.5, 0.6) is 0 Å². The van der Waals surface area contributed by atoms with Gasteiger partial charge in [0.2, 0.25) is 0 Å². The molecule has 0 aliphatic heterocycles. The van der Waals surface area contributed by atoms with Crippen LogP contribution in [0.15, 0.2) is 12.4 Å². The summed E-state index contributed by atoms with van der Waals surface area (Å²) in [5.74, 6) is 0.786. The predicted octanol–water partition coefficient (Wildman–Crippen LogP) is 0.868. The molecule has 0 aliphatic rings. The highest BCUT2D eigenvalue weighted by atomic mass is 32.1. The molecule has 2 aromatic rings. The molecule has 0 unspecified atom stereocenters. The van der Waals surface area contributed by atoms with Crippen molar-refractivity contribution in [3.8, 4) is 11.4 Å². The molecule has 0 bridgehead atoms. The largest absolute Gasteiger partial charge is 0.303 e. The average molecular weight is 181 g/mol. The first kappa shape index (κ1) is 7.23. The van der Waals surface area contributed by atoms with Crippen molar-refractivity contribution in [3.63, 3.8) is 0 Å². The van der Waals surface area contributed by atoms with E-state index in [4.69, 9.17) is 12.2 Å². The summed E-state index contributed by atoms with van der Waals surface area (Å²) in [6.07, 6.45) is 3.47. The second-order valence-electron chi connectivity index (χ2n) is 2.40. The third kappa shape index (κ3) is 0.964. The van der Waals surface area contributed by atoms with E-state index in [9.17, 15) is 0 Å². The van der Waals surface area contributed by atoms with Gasteiger partial charge in [-0.2, -0.15) is 10.2 Å². The second kappa shape index (κ2) is 2.56. The fraction of sp³-hybridized carbons (Fsp3) is 0.167. The van der Waals surface area contributed by atoms with Gasteiger partial charge in [-0.15, -0.1) is 0 Å². The van der Waals surface area contributed by atoms with Crippen LogP contribution in [-0.4, -0.2) is 25.0 Å². The first-order chi connectivity index (χ1) is 5.79. The molecule has 0 radical (unpaired) electrons. The Morgan fingerprint density at radius 3 is 2.92 bits per heavy atom. The van der Waals surface area contributed by atoms with E-state index in [0.29, 0.717) is 4.77 Å². The van der Waals surface area contributed by atoms with E-state index in [1.54, 1.807) is 17.0 Å². The molecule has 0 saturated heterocycles. The Bertz CT molecular complexity index is 423. The van der Waals surface area contributed by atoms with Crippen molar-refractivity contribution in [1.29, 1.82) is 0 Å². The minimum atomic E-state index is 0.603. The zero-order valence-corrected chi connectivity index (χ0v) is 7.22. The lowest BCUT2D eigenvalue weighted by molar-refractivity contribution is 0.902. The fourth-order valence-electron chi connectivity index (χ4n) is 0.978. The summed E-state index contributed by atoms with van der Waals surface area (Å²) < 4.78 is 2.39. The smallest absolute Gasteiger partial charge is 0.195 e. The minimum absolute atomic E-state index is 0.603. The Morgan fingerprint density at radius 1 is 1.58 bits per heavy atom. The molecule has 62 valence electrons. The van der Waals surface area contributed by atoms with Crippen LogP contribution >= 0.6 is 12.2 Å². The molecule has 2 N–H and O–H groups in total. The molecule has 12 heavy (non-hydrogen) atoms. The topological polar surface area (TPSA) is 62.3 Å². The van der Waals surface area contributed by atoms with Gasteiger partial charge in [0.1, 0.15) is 0 Å². The Hall–Kier alpha value is -1.43. The molecular weight excluding hydrogens is 174 g/mol. The van der Waals surface area contributed by atoms with Crippen molar-refractivity contribution in [1.82, 2.24) is 25.0 Å². The summed E-state index contributed by atoms with van der Waals surface area (Å²) in [5, 5.41) is 13.3. The maximum Gasteiger partial charge on any atom is 0.195 e.